The number of benzene rings is 2. The lowest BCUT2D eigenvalue weighted by Gasteiger charge is -2.13. The summed E-state index contributed by atoms with van der Waals surface area (Å²) in [7, 11) is 0. The third kappa shape index (κ3) is 3.22. The fraction of sp³-hybridized carbons (Fsp3) is 0.0476. The topological polar surface area (TPSA) is 46.4 Å². The third-order valence-electron chi connectivity index (χ3n) is 4.29. The Labute approximate surface area is 158 Å². The van der Waals surface area contributed by atoms with Gasteiger partial charge in [-0.05, 0) is 24.3 Å². The van der Waals surface area contributed by atoms with E-state index in [0.29, 0.717) is 17.2 Å². The smallest absolute Gasteiger partial charge is 0.306 e. The molecule has 2 aromatic carbocycles. The maximum absolute atomic E-state index is 13.3. The Hall–Kier alpha value is -3.61. The molecule has 0 saturated carbocycles. The van der Waals surface area contributed by atoms with Crippen LogP contribution in [0.25, 0.3) is 16.9 Å². The van der Waals surface area contributed by atoms with Crippen LogP contribution in [0.15, 0.2) is 79.0 Å². The zero-order valence-electron chi connectivity index (χ0n) is 14.4. The van der Waals surface area contributed by atoms with E-state index in [2.05, 4.69) is 10.3 Å². The molecule has 4 nitrogen and oxygen atoms in total. The molecule has 1 N–H and O–H groups in total. The highest BCUT2D eigenvalue weighted by Gasteiger charge is 2.35. The van der Waals surface area contributed by atoms with Crippen LogP contribution in [0.1, 0.15) is 15.9 Å². The highest BCUT2D eigenvalue weighted by atomic mass is 19.4. The maximum Gasteiger partial charge on any atom is 0.417 e. The number of anilines is 1. The first kappa shape index (κ1) is 17.8. The first-order valence-corrected chi connectivity index (χ1v) is 8.45. The van der Waals surface area contributed by atoms with Crippen molar-refractivity contribution in [3.63, 3.8) is 0 Å². The van der Waals surface area contributed by atoms with Crippen molar-refractivity contribution in [3.8, 4) is 11.3 Å². The molecule has 2 heterocycles. The molecule has 0 radical (unpaired) electrons. The number of amides is 1. The Morgan fingerprint density at radius 2 is 1.57 bits per heavy atom. The van der Waals surface area contributed by atoms with Crippen LogP contribution >= 0.6 is 0 Å². The lowest BCUT2D eigenvalue weighted by molar-refractivity contribution is -0.137. The Morgan fingerprint density at radius 3 is 2.32 bits per heavy atom. The quantitative estimate of drug-likeness (QED) is 0.525. The molecule has 4 rings (SSSR count). The molecule has 2 aromatic heterocycles. The minimum atomic E-state index is -4.63. The summed E-state index contributed by atoms with van der Waals surface area (Å²) in [6.07, 6.45) is -2.93. The van der Waals surface area contributed by atoms with E-state index in [1.54, 1.807) is 28.8 Å². The van der Waals surface area contributed by atoms with E-state index in [-0.39, 0.29) is 0 Å². The number of hydrogen-bond donors (Lipinski definition) is 1. The molecule has 0 fully saturated rings. The van der Waals surface area contributed by atoms with Crippen LogP contribution in [0.3, 0.4) is 0 Å². The van der Waals surface area contributed by atoms with Gasteiger partial charge in [0.15, 0.2) is 0 Å². The minimum Gasteiger partial charge on any atom is -0.306 e. The largest absolute Gasteiger partial charge is 0.417 e. The molecule has 0 atom stereocenters. The maximum atomic E-state index is 13.3. The van der Waals surface area contributed by atoms with Gasteiger partial charge in [-0.15, -0.1) is 0 Å². The monoisotopic (exact) mass is 381 g/mol. The number of carbonyl (C=O) groups is 1. The zero-order valence-corrected chi connectivity index (χ0v) is 14.4. The first-order valence-electron chi connectivity index (χ1n) is 8.45. The summed E-state index contributed by atoms with van der Waals surface area (Å²) < 4.78 is 41.5. The zero-order chi connectivity index (χ0) is 19.7. The molecule has 28 heavy (non-hydrogen) atoms. The molecule has 140 valence electrons. The van der Waals surface area contributed by atoms with Crippen molar-refractivity contribution in [3.05, 3.63) is 90.1 Å². The second kappa shape index (κ2) is 6.84. The number of alkyl halides is 3. The molecule has 0 unspecified atom stereocenters. The van der Waals surface area contributed by atoms with Gasteiger partial charge in [0.25, 0.3) is 5.91 Å². The number of aromatic nitrogens is 2. The molecular formula is C21H14F3N3O. The number of fused-ring (bicyclic) bond motifs is 1. The van der Waals surface area contributed by atoms with E-state index in [0.717, 1.165) is 17.7 Å². The van der Waals surface area contributed by atoms with Crippen molar-refractivity contribution in [1.29, 1.82) is 0 Å². The number of halogens is 3. The number of pyridine rings is 1. The molecular weight excluding hydrogens is 367 g/mol. The summed E-state index contributed by atoms with van der Waals surface area (Å²) in [5.74, 6) is -0.542. The van der Waals surface area contributed by atoms with Gasteiger partial charge in [0.1, 0.15) is 17.2 Å². The minimum absolute atomic E-state index is 0.309. The summed E-state index contributed by atoms with van der Waals surface area (Å²) in [6, 6.07) is 19.1. The number of nitrogens with zero attached hydrogens (tertiary/aromatic N) is 2. The van der Waals surface area contributed by atoms with Gasteiger partial charge in [-0.2, -0.15) is 13.2 Å². The van der Waals surface area contributed by atoms with Crippen molar-refractivity contribution in [2.45, 2.75) is 6.18 Å². The number of rotatable bonds is 3. The average molecular weight is 381 g/mol. The average Bonchev–Trinajstić information content (AvgIpc) is 3.06. The lowest BCUT2D eigenvalue weighted by atomic mass is 10.1. The number of carbonyl (C=O) groups excluding carboxylic acids is 1. The molecule has 0 aliphatic heterocycles. The molecule has 0 spiro atoms. The van der Waals surface area contributed by atoms with Crippen LogP contribution in [0, 0.1) is 0 Å². The van der Waals surface area contributed by atoms with Crippen molar-refractivity contribution in [1.82, 2.24) is 9.38 Å². The summed E-state index contributed by atoms with van der Waals surface area (Å²) in [5.41, 5.74) is 0.360. The van der Waals surface area contributed by atoms with Crippen LogP contribution in [-0.4, -0.2) is 15.3 Å². The summed E-state index contributed by atoms with van der Waals surface area (Å²) in [4.78, 5) is 17.3. The van der Waals surface area contributed by atoms with Crippen LogP contribution in [0.4, 0.5) is 19.0 Å². The van der Waals surface area contributed by atoms with Crippen LogP contribution < -0.4 is 5.32 Å². The van der Waals surface area contributed by atoms with Crippen molar-refractivity contribution < 1.29 is 18.0 Å². The summed E-state index contributed by atoms with van der Waals surface area (Å²) in [5, 5.41) is 2.62. The lowest BCUT2D eigenvalue weighted by Crippen LogP contribution is -2.19. The summed E-state index contributed by atoms with van der Waals surface area (Å²) >= 11 is 0. The van der Waals surface area contributed by atoms with Gasteiger partial charge in [-0.1, -0.05) is 48.5 Å². The van der Waals surface area contributed by atoms with E-state index in [4.69, 9.17) is 0 Å². The standard InChI is InChI=1S/C21H14F3N3O/c22-21(23,24)16-11-5-4-10-15(16)20(28)26-19-18(14-8-2-1-3-9-14)25-17-12-6-7-13-27(17)19/h1-13H,(H,26,28). The third-order valence-corrected chi connectivity index (χ3v) is 4.29. The van der Waals surface area contributed by atoms with Gasteiger partial charge >= 0.3 is 6.18 Å². The fourth-order valence-electron chi connectivity index (χ4n) is 3.02. The first-order chi connectivity index (χ1) is 13.4. The van der Waals surface area contributed by atoms with Crippen LogP contribution in [-0.2, 0) is 6.18 Å². The molecule has 0 saturated heterocycles. The van der Waals surface area contributed by atoms with Gasteiger partial charge in [0, 0.05) is 11.8 Å². The Bertz CT molecular complexity index is 1150. The van der Waals surface area contributed by atoms with E-state index in [9.17, 15) is 18.0 Å². The Balaban J connectivity index is 1.82. The van der Waals surface area contributed by atoms with Gasteiger partial charge in [-0.25, -0.2) is 4.98 Å². The Morgan fingerprint density at radius 1 is 0.893 bits per heavy atom. The van der Waals surface area contributed by atoms with Crippen molar-refractivity contribution >= 4 is 17.4 Å². The Kier molecular flexibility index (Phi) is 4.35. The number of nitrogens with one attached hydrogen (secondary N) is 1. The highest BCUT2D eigenvalue weighted by Crippen LogP contribution is 2.33. The fourth-order valence-corrected chi connectivity index (χ4v) is 3.02. The molecule has 1 amide bonds. The number of imidazole rings is 1. The van der Waals surface area contributed by atoms with Gasteiger partial charge < -0.3 is 5.32 Å². The van der Waals surface area contributed by atoms with E-state index in [1.165, 1.54) is 12.1 Å². The second-order valence-electron chi connectivity index (χ2n) is 6.10. The van der Waals surface area contributed by atoms with E-state index in [1.807, 2.05) is 30.3 Å². The predicted molar refractivity (Wildman–Crippen MR) is 100 cm³/mol. The van der Waals surface area contributed by atoms with Gasteiger partial charge in [-0.3, -0.25) is 9.20 Å². The molecule has 7 heteroatoms. The second-order valence-corrected chi connectivity index (χ2v) is 6.10. The molecule has 0 bridgehead atoms. The number of hydrogen-bond acceptors (Lipinski definition) is 2. The normalized spacial score (nSPS) is 11.5. The van der Waals surface area contributed by atoms with Crippen LogP contribution in [0.5, 0.6) is 0 Å². The van der Waals surface area contributed by atoms with Crippen LogP contribution in [0.2, 0.25) is 0 Å². The predicted octanol–water partition coefficient (Wildman–Crippen LogP) is 5.27. The van der Waals surface area contributed by atoms with Crippen molar-refractivity contribution in [2.75, 3.05) is 5.32 Å². The molecule has 4 aromatic rings. The van der Waals surface area contributed by atoms with Gasteiger partial charge in [0.05, 0.1) is 11.1 Å². The molecule has 0 aliphatic rings. The van der Waals surface area contributed by atoms with Crippen molar-refractivity contribution in [2.24, 2.45) is 0 Å². The summed E-state index contributed by atoms with van der Waals surface area (Å²) in [6.45, 7) is 0. The van der Waals surface area contributed by atoms with E-state index < -0.39 is 23.2 Å². The highest BCUT2D eigenvalue weighted by molar-refractivity contribution is 6.06. The van der Waals surface area contributed by atoms with E-state index >= 15 is 0 Å². The van der Waals surface area contributed by atoms with Gasteiger partial charge in [0.2, 0.25) is 0 Å². The molecule has 0 aliphatic carbocycles. The SMILES string of the molecule is O=C(Nc1c(-c2ccccc2)nc2ccccn12)c1ccccc1C(F)(F)F.